The number of likely N-dealkylation sites (N-methyl/N-ethyl adjacent to an activating group) is 1. The second-order valence-corrected chi connectivity index (χ2v) is 3.82. The smallest absolute Gasteiger partial charge is 0.156 e. The SMILES string of the molecule is CC(/C(N)=N/O)N(C)Cc1c(F)cccc1F. The zero-order chi connectivity index (χ0) is 13.0. The normalized spacial score (nSPS) is 14.1. The van der Waals surface area contributed by atoms with Gasteiger partial charge in [0, 0.05) is 12.1 Å². The van der Waals surface area contributed by atoms with Crippen molar-refractivity contribution >= 4 is 5.84 Å². The van der Waals surface area contributed by atoms with E-state index in [2.05, 4.69) is 5.16 Å². The van der Waals surface area contributed by atoms with Crippen molar-refractivity contribution in [2.24, 2.45) is 10.9 Å². The molecule has 17 heavy (non-hydrogen) atoms. The molecule has 0 amide bonds. The Bertz CT molecular complexity index is 403. The zero-order valence-electron chi connectivity index (χ0n) is 9.69. The van der Waals surface area contributed by atoms with Gasteiger partial charge in [0.15, 0.2) is 5.84 Å². The van der Waals surface area contributed by atoms with Crippen molar-refractivity contribution in [1.29, 1.82) is 0 Å². The van der Waals surface area contributed by atoms with Gasteiger partial charge in [-0.05, 0) is 26.1 Å². The second kappa shape index (κ2) is 5.58. The standard InChI is InChI=1S/C11H15F2N3O/c1-7(11(14)15-17)16(2)6-8-9(12)4-3-5-10(8)13/h3-5,7,17H,6H2,1-2H3,(H2,14,15). The Kier molecular flexibility index (Phi) is 4.39. The summed E-state index contributed by atoms with van der Waals surface area (Å²) in [5.74, 6) is -1.23. The van der Waals surface area contributed by atoms with Gasteiger partial charge in [-0.15, -0.1) is 0 Å². The lowest BCUT2D eigenvalue weighted by atomic mass is 10.1. The highest BCUT2D eigenvalue weighted by atomic mass is 19.1. The molecule has 0 saturated heterocycles. The lowest BCUT2D eigenvalue weighted by molar-refractivity contribution is 0.273. The molecule has 0 aliphatic carbocycles. The minimum Gasteiger partial charge on any atom is -0.409 e. The summed E-state index contributed by atoms with van der Waals surface area (Å²) in [6, 6.07) is 3.28. The molecule has 0 aromatic heterocycles. The third kappa shape index (κ3) is 3.13. The molecule has 1 atom stereocenters. The number of nitrogens with two attached hydrogens (primary N) is 1. The number of amidine groups is 1. The highest BCUT2D eigenvalue weighted by Crippen LogP contribution is 2.15. The summed E-state index contributed by atoms with van der Waals surface area (Å²) in [7, 11) is 1.63. The van der Waals surface area contributed by atoms with Gasteiger partial charge in [-0.2, -0.15) is 0 Å². The van der Waals surface area contributed by atoms with Crippen LogP contribution < -0.4 is 5.73 Å². The van der Waals surface area contributed by atoms with Crippen molar-refractivity contribution in [3.8, 4) is 0 Å². The van der Waals surface area contributed by atoms with Crippen molar-refractivity contribution in [2.45, 2.75) is 19.5 Å². The van der Waals surface area contributed by atoms with E-state index in [1.807, 2.05) is 0 Å². The number of rotatable bonds is 4. The molecule has 1 aromatic rings. The van der Waals surface area contributed by atoms with E-state index in [4.69, 9.17) is 10.9 Å². The maximum Gasteiger partial charge on any atom is 0.156 e. The quantitative estimate of drug-likeness (QED) is 0.365. The van der Waals surface area contributed by atoms with E-state index in [9.17, 15) is 8.78 Å². The Morgan fingerprint density at radius 1 is 1.47 bits per heavy atom. The number of benzene rings is 1. The molecule has 0 aliphatic heterocycles. The van der Waals surface area contributed by atoms with Crippen LogP contribution in [0.1, 0.15) is 12.5 Å². The molecular weight excluding hydrogens is 228 g/mol. The minimum atomic E-state index is -0.608. The zero-order valence-corrected chi connectivity index (χ0v) is 9.69. The highest BCUT2D eigenvalue weighted by molar-refractivity contribution is 5.84. The molecular formula is C11H15F2N3O. The number of hydrogen-bond donors (Lipinski definition) is 2. The van der Waals surface area contributed by atoms with E-state index in [1.165, 1.54) is 18.2 Å². The van der Waals surface area contributed by atoms with Crippen molar-refractivity contribution in [3.63, 3.8) is 0 Å². The van der Waals surface area contributed by atoms with Gasteiger partial charge >= 0.3 is 0 Å². The van der Waals surface area contributed by atoms with Crippen LogP contribution in [0.4, 0.5) is 8.78 Å². The first-order valence-corrected chi connectivity index (χ1v) is 5.08. The topological polar surface area (TPSA) is 61.9 Å². The average molecular weight is 243 g/mol. The summed E-state index contributed by atoms with van der Waals surface area (Å²) in [4.78, 5) is 1.58. The van der Waals surface area contributed by atoms with Crippen LogP contribution in [-0.2, 0) is 6.54 Å². The van der Waals surface area contributed by atoms with Crippen LogP contribution in [-0.4, -0.2) is 29.0 Å². The minimum absolute atomic E-state index is 0.00996. The molecule has 0 radical (unpaired) electrons. The molecule has 0 aliphatic rings. The van der Waals surface area contributed by atoms with Crippen molar-refractivity contribution in [1.82, 2.24) is 4.90 Å². The Hall–Kier alpha value is -1.69. The molecule has 0 saturated carbocycles. The van der Waals surface area contributed by atoms with Crippen molar-refractivity contribution in [3.05, 3.63) is 35.4 Å². The van der Waals surface area contributed by atoms with Crippen LogP contribution in [0.2, 0.25) is 0 Å². The van der Waals surface area contributed by atoms with Gasteiger partial charge in [0.25, 0.3) is 0 Å². The van der Waals surface area contributed by atoms with Crippen molar-refractivity contribution in [2.75, 3.05) is 7.05 Å². The fraction of sp³-hybridized carbons (Fsp3) is 0.364. The molecule has 0 bridgehead atoms. The third-order valence-electron chi connectivity index (χ3n) is 2.67. The van der Waals surface area contributed by atoms with E-state index >= 15 is 0 Å². The Morgan fingerprint density at radius 2 is 2.00 bits per heavy atom. The monoisotopic (exact) mass is 243 g/mol. The van der Waals surface area contributed by atoms with Gasteiger partial charge in [0.2, 0.25) is 0 Å². The molecule has 0 fully saturated rings. The molecule has 0 heterocycles. The summed E-state index contributed by atoms with van der Waals surface area (Å²) < 4.78 is 26.8. The predicted octanol–water partition coefficient (Wildman–Crippen LogP) is 1.53. The summed E-state index contributed by atoms with van der Waals surface area (Å²) in [6.07, 6.45) is 0. The first-order chi connectivity index (χ1) is 7.97. The van der Waals surface area contributed by atoms with Crippen molar-refractivity contribution < 1.29 is 14.0 Å². The van der Waals surface area contributed by atoms with Gasteiger partial charge in [-0.25, -0.2) is 8.78 Å². The Labute approximate surface area is 98.3 Å². The highest BCUT2D eigenvalue weighted by Gasteiger charge is 2.17. The summed E-state index contributed by atoms with van der Waals surface area (Å²) in [5.41, 5.74) is 5.38. The van der Waals surface area contributed by atoms with Crippen LogP contribution in [0.15, 0.2) is 23.4 Å². The first kappa shape index (κ1) is 13.4. The Balaban J connectivity index is 2.85. The summed E-state index contributed by atoms with van der Waals surface area (Å²) in [5, 5.41) is 11.4. The number of oxime groups is 1. The number of halogens is 2. The maximum atomic E-state index is 13.4. The largest absolute Gasteiger partial charge is 0.409 e. The molecule has 3 N–H and O–H groups in total. The Morgan fingerprint density at radius 3 is 2.47 bits per heavy atom. The van der Waals surface area contributed by atoms with Gasteiger partial charge < -0.3 is 10.9 Å². The fourth-order valence-corrected chi connectivity index (χ4v) is 1.38. The molecule has 94 valence electrons. The van der Waals surface area contributed by atoms with E-state index in [0.717, 1.165) is 0 Å². The lowest BCUT2D eigenvalue weighted by Gasteiger charge is -2.23. The number of hydrogen-bond acceptors (Lipinski definition) is 3. The van der Waals surface area contributed by atoms with Gasteiger partial charge in [-0.3, -0.25) is 4.90 Å². The molecule has 1 aromatic carbocycles. The lowest BCUT2D eigenvalue weighted by Crippen LogP contribution is -2.40. The molecule has 4 nitrogen and oxygen atoms in total. The van der Waals surface area contributed by atoms with Gasteiger partial charge in [-0.1, -0.05) is 11.2 Å². The molecule has 6 heteroatoms. The van der Waals surface area contributed by atoms with E-state index in [-0.39, 0.29) is 17.9 Å². The molecule has 1 unspecified atom stereocenters. The fourth-order valence-electron chi connectivity index (χ4n) is 1.38. The van der Waals surface area contributed by atoms with Gasteiger partial charge in [0.1, 0.15) is 11.6 Å². The number of nitrogens with zero attached hydrogens (tertiary/aromatic N) is 2. The predicted molar refractivity (Wildman–Crippen MR) is 60.7 cm³/mol. The van der Waals surface area contributed by atoms with Crippen LogP contribution in [0.5, 0.6) is 0 Å². The first-order valence-electron chi connectivity index (χ1n) is 5.08. The van der Waals surface area contributed by atoms with Crippen LogP contribution in [0, 0.1) is 11.6 Å². The van der Waals surface area contributed by atoms with E-state index in [0.29, 0.717) is 0 Å². The summed E-state index contributed by atoms with van der Waals surface area (Å²) in [6.45, 7) is 1.71. The van der Waals surface area contributed by atoms with E-state index in [1.54, 1.807) is 18.9 Å². The molecule has 0 spiro atoms. The van der Waals surface area contributed by atoms with E-state index < -0.39 is 17.7 Å². The maximum absolute atomic E-state index is 13.4. The van der Waals surface area contributed by atoms with Crippen LogP contribution in [0.25, 0.3) is 0 Å². The molecule has 1 rings (SSSR count). The average Bonchev–Trinajstić information content (AvgIpc) is 2.31. The summed E-state index contributed by atoms with van der Waals surface area (Å²) >= 11 is 0. The van der Waals surface area contributed by atoms with Gasteiger partial charge in [0.05, 0.1) is 6.04 Å². The third-order valence-corrected chi connectivity index (χ3v) is 2.67. The van der Waals surface area contributed by atoms with Crippen LogP contribution in [0.3, 0.4) is 0 Å². The van der Waals surface area contributed by atoms with Crippen LogP contribution >= 0.6 is 0 Å². The second-order valence-electron chi connectivity index (χ2n) is 3.82.